The van der Waals surface area contributed by atoms with Gasteiger partial charge in [-0.3, -0.25) is 0 Å². The number of nitrogens with zero attached hydrogens (tertiary/aromatic N) is 1. The summed E-state index contributed by atoms with van der Waals surface area (Å²) in [5.41, 5.74) is 2.58. The van der Waals surface area contributed by atoms with Crippen molar-refractivity contribution in [2.45, 2.75) is 31.7 Å². The molecule has 2 aromatic carbocycles. The lowest BCUT2D eigenvalue weighted by Crippen LogP contribution is -2.30. The van der Waals surface area contributed by atoms with E-state index in [1.54, 1.807) is 26.3 Å². The van der Waals surface area contributed by atoms with Crippen molar-refractivity contribution in [3.63, 3.8) is 0 Å². The first-order valence-corrected chi connectivity index (χ1v) is 8.91. The SMILES string of the molecule is COc1c(C)cc(S(=O)(=O)N(C)C(C)c2ccccc2)cc1C. The first-order chi connectivity index (χ1) is 10.8. The van der Waals surface area contributed by atoms with Crippen molar-refractivity contribution in [3.05, 3.63) is 59.2 Å². The molecular weight excluding hydrogens is 310 g/mol. The van der Waals surface area contributed by atoms with Crippen LogP contribution in [0, 0.1) is 13.8 Å². The summed E-state index contributed by atoms with van der Waals surface area (Å²) in [6.45, 7) is 5.59. The van der Waals surface area contributed by atoms with Crippen molar-refractivity contribution in [2.75, 3.05) is 14.2 Å². The Bertz CT molecular complexity index is 762. The lowest BCUT2D eigenvalue weighted by atomic mass is 10.1. The second-order valence-corrected chi connectivity index (χ2v) is 7.70. The Labute approximate surface area is 138 Å². The predicted octanol–water partition coefficient (Wildman–Crippen LogP) is 3.69. The zero-order valence-corrected chi connectivity index (χ0v) is 15.0. The van der Waals surface area contributed by atoms with Gasteiger partial charge in [-0.15, -0.1) is 0 Å². The number of ether oxygens (including phenoxy) is 1. The Kier molecular flexibility index (Phi) is 5.12. The number of hydrogen-bond acceptors (Lipinski definition) is 3. The van der Waals surface area contributed by atoms with E-state index < -0.39 is 10.0 Å². The third kappa shape index (κ3) is 3.41. The molecule has 1 unspecified atom stereocenters. The van der Waals surface area contributed by atoms with Crippen LogP contribution in [-0.2, 0) is 10.0 Å². The zero-order valence-electron chi connectivity index (χ0n) is 14.2. The van der Waals surface area contributed by atoms with Gasteiger partial charge in [-0.2, -0.15) is 4.31 Å². The first-order valence-electron chi connectivity index (χ1n) is 7.47. The predicted molar refractivity (Wildman–Crippen MR) is 92.3 cm³/mol. The minimum atomic E-state index is -3.58. The molecule has 0 saturated carbocycles. The summed E-state index contributed by atoms with van der Waals surface area (Å²) in [6.07, 6.45) is 0. The second kappa shape index (κ2) is 6.72. The van der Waals surface area contributed by atoms with E-state index in [9.17, 15) is 8.42 Å². The first kappa shape index (κ1) is 17.5. The molecule has 0 aliphatic carbocycles. The van der Waals surface area contributed by atoms with Gasteiger partial charge in [0.1, 0.15) is 5.75 Å². The molecule has 0 aliphatic rings. The highest BCUT2D eigenvalue weighted by molar-refractivity contribution is 7.89. The van der Waals surface area contributed by atoms with Gasteiger partial charge >= 0.3 is 0 Å². The Morgan fingerprint density at radius 1 is 1.04 bits per heavy atom. The third-order valence-electron chi connectivity index (χ3n) is 4.14. The van der Waals surface area contributed by atoms with E-state index >= 15 is 0 Å². The Balaban J connectivity index is 2.42. The highest BCUT2D eigenvalue weighted by Crippen LogP contribution is 2.30. The molecule has 2 rings (SSSR count). The summed E-state index contributed by atoms with van der Waals surface area (Å²) in [5.74, 6) is 0.725. The van der Waals surface area contributed by atoms with Crippen LogP contribution in [0.15, 0.2) is 47.4 Å². The molecule has 0 N–H and O–H groups in total. The van der Waals surface area contributed by atoms with E-state index in [1.165, 1.54) is 4.31 Å². The van der Waals surface area contributed by atoms with Gasteiger partial charge in [0.25, 0.3) is 0 Å². The van der Waals surface area contributed by atoms with E-state index in [2.05, 4.69) is 0 Å². The molecule has 0 fully saturated rings. The van der Waals surface area contributed by atoms with Gasteiger partial charge in [0.15, 0.2) is 0 Å². The minimum Gasteiger partial charge on any atom is -0.496 e. The van der Waals surface area contributed by atoms with E-state index in [0.29, 0.717) is 4.90 Å². The molecule has 0 heterocycles. The molecule has 5 heteroatoms. The van der Waals surface area contributed by atoms with Gasteiger partial charge in [-0.05, 0) is 49.6 Å². The summed E-state index contributed by atoms with van der Waals surface area (Å²) in [4.78, 5) is 0.290. The van der Waals surface area contributed by atoms with E-state index in [4.69, 9.17) is 4.74 Å². The molecule has 1 atom stereocenters. The van der Waals surface area contributed by atoms with Crippen LogP contribution >= 0.6 is 0 Å². The summed E-state index contributed by atoms with van der Waals surface area (Å²) >= 11 is 0. The van der Waals surface area contributed by atoms with Crippen molar-refractivity contribution in [3.8, 4) is 5.75 Å². The number of rotatable bonds is 5. The number of methoxy groups -OCH3 is 1. The van der Waals surface area contributed by atoms with Gasteiger partial charge in [0.05, 0.1) is 12.0 Å². The van der Waals surface area contributed by atoms with Crippen molar-refractivity contribution in [1.29, 1.82) is 0 Å². The van der Waals surface area contributed by atoms with Crippen LogP contribution in [0.4, 0.5) is 0 Å². The fourth-order valence-corrected chi connectivity index (χ4v) is 4.22. The summed E-state index contributed by atoms with van der Waals surface area (Å²) in [7, 11) is -0.375. The van der Waals surface area contributed by atoms with Gasteiger partial charge in [0, 0.05) is 13.1 Å². The quantitative estimate of drug-likeness (QED) is 0.838. The van der Waals surface area contributed by atoms with Crippen molar-refractivity contribution >= 4 is 10.0 Å². The number of hydrogen-bond donors (Lipinski definition) is 0. The molecule has 0 aromatic heterocycles. The van der Waals surface area contributed by atoms with Gasteiger partial charge in [-0.1, -0.05) is 30.3 Å². The average molecular weight is 333 g/mol. The van der Waals surface area contributed by atoms with Crippen LogP contribution in [0.25, 0.3) is 0 Å². The molecule has 0 bridgehead atoms. The maximum atomic E-state index is 12.9. The number of aryl methyl sites for hydroxylation is 2. The van der Waals surface area contributed by atoms with Gasteiger partial charge in [-0.25, -0.2) is 8.42 Å². The number of benzene rings is 2. The maximum Gasteiger partial charge on any atom is 0.243 e. The fourth-order valence-electron chi connectivity index (χ4n) is 2.70. The highest BCUT2D eigenvalue weighted by Gasteiger charge is 2.27. The summed E-state index contributed by atoms with van der Waals surface area (Å²) in [6, 6.07) is 12.7. The fraction of sp³-hybridized carbons (Fsp3) is 0.333. The van der Waals surface area contributed by atoms with Gasteiger partial charge in [0.2, 0.25) is 10.0 Å². The van der Waals surface area contributed by atoms with Gasteiger partial charge < -0.3 is 4.74 Å². The molecule has 2 aromatic rings. The molecule has 0 saturated heterocycles. The molecule has 0 radical (unpaired) electrons. The van der Waals surface area contributed by atoms with Crippen LogP contribution < -0.4 is 4.74 Å². The van der Waals surface area contributed by atoms with E-state index in [1.807, 2.05) is 51.1 Å². The largest absolute Gasteiger partial charge is 0.496 e. The molecule has 0 spiro atoms. The molecule has 0 aliphatic heterocycles. The van der Waals surface area contributed by atoms with Crippen LogP contribution in [-0.4, -0.2) is 26.9 Å². The topological polar surface area (TPSA) is 46.6 Å². The lowest BCUT2D eigenvalue weighted by Gasteiger charge is -2.25. The Morgan fingerprint density at radius 2 is 1.57 bits per heavy atom. The lowest BCUT2D eigenvalue weighted by molar-refractivity contribution is 0.397. The zero-order chi connectivity index (χ0) is 17.2. The van der Waals surface area contributed by atoms with Crippen LogP contribution in [0.1, 0.15) is 29.7 Å². The highest BCUT2D eigenvalue weighted by atomic mass is 32.2. The van der Waals surface area contributed by atoms with E-state index in [0.717, 1.165) is 22.4 Å². The number of sulfonamides is 1. The molecule has 4 nitrogen and oxygen atoms in total. The monoisotopic (exact) mass is 333 g/mol. The van der Waals surface area contributed by atoms with Crippen molar-refractivity contribution in [2.24, 2.45) is 0 Å². The molecule has 23 heavy (non-hydrogen) atoms. The summed E-state index contributed by atoms with van der Waals surface area (Å²) in [5, 5.41) is 0. The van der Waals surface area contributed by atoms with Crippen LogP contribution in [0.3, 0.4) is 0 Å². The van der Waals surface area contributed by atoms with Crippen molar-refractivity contribution in [1.82, 2.24) is 4.31 Å². The van der Waals surface area contributed by atoms with Crippen LogP contribution in [0.2, 0.25) is 0 Å². The molecule has 0 amide bonds. The third-order valence-corrected chi connectivity index (χ3v) is 6.05. The Hall–Kier alpha value is -1.85. The van der Waals surface area contributed by atoms with Crippen molar-refractivity contribution < 1.29 is 13.2 Å². The normalized spacial score (nSPS) is 13.1. The second-order valence-electron chi connectivity index (χ2n) is 5.70. The maximum absolute atomic E-state index is 12.9. The smallest absolute Gasteiger partial charge is 0.243 e. The minimum absolute atomic E-state index is 0.246. The van der Waals surface area contributed by atoms with Crippen LogP contribution in [0.5, 0.6) is 5.75 Å². The Morgan fingerprint density at radius 3 is 2.04 bits per heavy atom. The molecular formula is C18H23NO3S. The van der Waals surface area contributed by atoms with E-state index in [-0.39, 0.29) is 6.04 Å². The molecule has 124 valence electrons. The average Bonchev–Trinajstić information content (AvgIpc) is 2.53. The standard InChI is InChI=1S/C18H23NO3S/c1-13-11-17(12-14(2)18(13)22-5)23(20,21)19(4)15(3)16-9-7-6-8-10-16/h6-12,15H,1-5H3. The summed E-state index contributed by atoms with van der Waals surface area (Å²) < 4.78 is 32.6.